The molecule has 1 aliphatic rings. The van der Waals surface area contributed by atoms with Gasteiger partial charge in [0, 0.05) is 61.5 Å². The van der Waals surface area contributed by atoms with Crippen molar-refractivity contribution in [2.24, 2.45) is 0 Å². The van der Waals surface area contributed by atoms with Crippen LogP contribution in [-0.4, -0.2) is 65.3 Å². The summed E-state index contributed by atoms with van der Waals surface area (Å²) in [5, 5.41) is 4.51. The number of aromatic nitrogens is 4. The van der Waals surface area contributed by atoms with E-state index in [1.165, 1.54) is 12.1 Å². The summed E-state index contributed by atoms with van der Waals surface area (Å²) >= 11 is 7.58. The first-order valence-corrected chi connectivity index (χ1v) is 17.7. The van der Waals surface area contributed by atoms with Crippen LogP contribution in [0.1, 0.15) is 31.7 Å². The van der Waals surface area contributed by atoms with Gasteiger partial charge < -0.3 is 15.1 Å². The van der Waals surface area contributed by atoms with Crippen molar-refractivity contribution in [2.45, 2.75) is 31.6 Å². The van der Waals surface area contributed by atoms with Crippen molar-refractivity contribution < 1.29 is 13.2 Å². The summed E-state index contributed by atoms with van der Waals surface area (Å²) in [4.78, 5) is 35.4. The molecule has 0 unspecified atom stereocenters. The maximum atomic E-state index is 13.1. The molecule has 0 spiro atoms. The number of sulfonamides is 1. The minimum absolute atomic E-state index is 0.0743. The van der Waals surface area contributed by atoms with Crippen molar-refractivity contribution in [2.75, 3.05) is 41.1 Å². The third kappa shape index (κ3) is 7.53. The summed E-state index contributed by atoms with van der Waals surface area (Å²) in [5.74, 6) is 1.52. The molecule has 4 heterocycles. The van der Waals surface area contributed by atoms with Crippen LogP contribution in [0.5, 0.6) is 0 Å². The van der Waals surface area contributed by atoms with Gasteiger partial charge in [-0.2, -0.15) is 0 Å². The van der Waals surface area contributed by atoms with Crippen molar-refractivity contribution >= 4 is 62.0 Å². The second-order valence-corrected chi connectivity index (χ2v) is 14.5. The molecule has 1 aliphatic heterocycles. The lowest BCUT2D eigenvalue weighted by Crippen LogP contribution is -2.48. The molecule has 2 aromatic carbocycles. The lowest BCUT2D eigenvalue weighted by Gasteiger charge is -2.34. The van der Waals surface area contributed by atoms with Crippen molar-refractivity contribution in [1.29, 1.82) is 0 Å². The number of hydrogen-bond donors (Lipinski definition) is 2. The van der Waals surface area contributed by atoms with Crippen LogP contribution < -0.4 is 14.9 Å². The van der Waals surface area contributed by atoms with E-state index in [0.29, 0.717) is 41.1 Å². The minimum atomic E-state index is -3.86. The molecule has 0 aliphatic carbocycles. The number of nitrogens with zero attached hydrogens (tertiary/aromatic N) is 6. The smallest absolute Gasteiger partial charge is 0.261 e. The van der Waals surface area contributed by atoms with E-state index >= 15 is 0 Å². The fraction of sp³-hybridized carbons (Fsp3) is 0.242. The highest BCUT2D eigenvalue weighted by Gasteiger charge is 2.21. The summed E-state index contributed by atoms with van der Waals surface area (Å²) in [7, 11) is -3.86. The van der Waals surface area contributed by atoms with Gasteiger partial charge >= 0.3 is 0 Å². The topological polar surface area (TPSA) is 133 Å². The number of benzene rings is 2. The number of rotatable bonds is 9. The second-order valence-electron chi connectivity index (χ2n) is 11.3. The van der Waals surface area contributed by atoms with Gasteiger partial charge in [0.25, 0.3) is 10.0 Å². The molecule has 1 saturated heterocycles. The molecule has 3 aromatic heterocycles. The van der Waals surface area contributed by atoms with Gasteiger partial charge in [-0.3, -0.25) is 9.52 Å². The predicted octanol–water partition coefficient (Wildman–Crippen LogP) is 6.65. The monoisotopic (exact) mass is 688 g/mol. The Balaban J connectivity index is 1.23. The third-order valence-corrected chi connectivity index (χ3v) is 10.6. The number of nitrogens with one attached hydrogen (secondary N) is 2. The van der Waals surface area contributed by atoms with Gasteiger partial charge in [0.15, 0.2) is 0 Å². The van der Waals surface area contributed by atoms with Gasteiger partial charge in [0.1, 0.15) is 5.82 Å². The Morgan fingerprint density at radius 2 is 1.72 bits per heavy atom. The van der Waals surface area contributed by atoms with E-state index < -0.39 is 10.0 Å². The van der Waals surface area contributed by atoms with Crippen LogP contribution in [0.4, 0.5) is 23.1 Å². The molecule has 0 saturated carbocycles. The molecule has 2 N–H and O–H groups in total. The first-order chi connectivity index (χ1) is 22.6. The number of piperazine rings is 1. The van der Waals surface area contributed by atoms with Crippen LogP contribution in [-0.2, 0) is 14.8 Å². The molecule has 47 heavy (non-hydrogen) atoms. The van der Waals surface area contributed by atoms with Crippen LogP contribution in [0, 0.1) is 0 Å². The zero-order chi connectivity index (χ0) is 33.1. The van der Waals surface area contributed by atoms with Crippen molar-refractivity contribution in [3.05, 3.63) is 89.2 Å². The maximum Gasteiger partial charge on any atom is 0.261 e. The standard InChI is InChI=1S/C33H33ClN8O3S2/c1-21(2)32-39-30(23-6-4-8-25(18-23)40-47(44,45)27-9-5-7-24(34)19-27)31(46-32)28-12-13-35-33(38-28)37-26-10-11-29(36-20-26)42-16-14-41(15-17-42)22(3)43/h4-13,18-21,40H,14-17H2,1-3H3,(H,35,37,38). The average molecular weight is 689 g/mol. The Labute approximate surface area is 282 Å². The lowest BCUT2D eigenvalue weighted by molar-refractivity contribution is -0.129. The van der Waals surface area contributed by atoms with Gasteiger partial charge in [-0.05, 0) is 48.5 Å². The first kappa shape index (κ1) is 32.4. The molecule has 11 nitrogen and oxygen atoms in total. The number of amides is 1. The van der Waals surface area contributed by atoms with Crippen LogP contribution in [0.2, 0.25) is 5.02 Å². The number of thiazole rings is 1. The van der Waals surface area contributed by atoms with E-state index in [-0.39, 0.29) is 16.7 Å². The van der Waals surface area contributed by atoms with Gasteiger partial charge in [0.2, 0.25) is 11.9 Å². The predicted molar refractivity (Wildman–Crippen MR) is 187 cm³/mol. The number of pyridine rings is 1. The Bertz CT molecular complexity index is 2010. The lowest BCUT2D eigenvalue weighted by atomic mass is 10.1. The minimum Gasteiger partial charge on any atom is -0.353 e. The van der Waals surface area contributed by atoms with E-state index in [2.05, 4.69) is 38.8 Å². The fourth-order valence-electron chi connectivity index (χ4n) is 5.10. The van der Waals surface area contributed by atoms with Crippen molar-refractivity contribution in [1.82, 2.24) is 24.8 Å². The summed E-state index contributed by atoms with van der Waals surface area (Å²) in [6.45, 7) is 8.58. The molecular formula is C33H33ClN8O3S2. The van der Waals surface area contributed by atoms with Gasteiger partial charge in [-0.25, -0.2) is 28.4 Å². The van der Waals surface area contributed by atoms with E-state index in [0.717, 1.165) is 40.0 Å². The summed E-state index contributed by atoms with van der Waals surface area (Å²) in [6, 6.07) is 19.0. The van der Waals surface area contributed by atoms with Crippen molar-refractivity contribution in [3.8, 4) is 21.8 Å². The van der Waals surface area contributed by atoms with Gasteiger partial charge in [-0.1, -0.05) is 43.6 Å². The Kier molecular flexibility index (Phi) is 9.39. The third-order valence-electron chi connectivity index (χ3n) is 7.57. The zero-order valence-corrected chi connectivity index (χ0v) is 28.4. The normalized spacial score (nSPS) is 13.6. The average Bonchev–Trinajstić information content (AvgIpc) is 3.52. The zero-order valence-electron chi connectivity index (χ0n) is 26.0. The fourth-order valence-corrected chi connectivity index (χ4v) is 7.51. The molecular weight excluding hydrogens is 656 g/mol. The number of halogens is 1. The number of hydrogen-bond acceptors (Lipinski definition) is 10. The molecule has 6 rings (SSSR count). The van der Waals surface area contributed by atoms with Crippen LogP contribution in [0.15, 0.2) is 84.0 Å². The molecule has 1 amide bonds. The highest BCUT2D eigenvalue weighted by molar-refractivity contribution is 7.92. The largest absolute Gasteiger partial charge is 0.353 e. The molecule has 14 heteroatoms. The van der Waals surface area contributed by atoms with Gasteiger partial charge in [0.05, 0.1) is 38.1 Å². The Morgan fingerprint density at radius 1 is 0.936 bits per heavy atom. The molecule has 0 bridgehead atoms. The summed E-state index contributed by atoms with van der Waals surface area (Å²) in [5.41, 5.74) is 3.25. The molecule has 242 valence electrons. The number of carbonyl (C=O) groups is 1. The van der Waals surface area contributed by atoms with Gasteiger partial charge in [-0.15, -0.1) is 11.3 Å². The quantitative estimate of drug-likeness (QED) is 0.175. The molecule has 1 fully saturated rings. The number of carbonyl (C=O) groups excluding carboxylic acids is 1. The SMILES string of the molecule is CC(=O)N1CCN(c2ccc(Nc3nccc(-c4sc(C(C)C)nc4-c4cccc(NS(=O)(=O)c5cccc(Cl)c5)c4)n3)cn2)CC1. The number of anilines is 4. The molecule has 0 atom stereocenters. The maximum absolute atomic E-state index is 13.1. The molecule has 5 aromatic rings. The second kappa shape index (κ2) is 13.6. The van der Waals surface area contributed by atoms with E-state index in [1.807, 2.05) is 29.2 Å². The Morgan fingerprint density at radius 3 is 2.43 bits per heavy atom. The summed E-state index contributed by atoms with van der Waals surface area (Å²) < 4.78 is 28.8. The van der Waals surface area contributed by atoms with Crippen LogP contribution in [0.25, 0.3) is 21.8 Å². The molecule has 0 radical (unpaired) electrons. The first-order valence-electron chi connectivity index (χ1n) is 15.0. The van der Waals surface area contributed by atoms with E-state index in [9.17, 15) is 13.2 Å². The Hall–Kier alpha value is -4.59. The van der Waals surface area contributed by atoms with Crippen molar-refractivity contribution in [3.63, 3.8) is 0 Å². The van der Waals surface area contributed by atoms with Crippen LogP contribution >= 0.6 is 22.9 Å². The highest BCUT2D eigenvalue weighted by atomic mass is 35.5. The van der Waals surface area contributed by atoms with Crippen LogP contribution in [0.3, 0.4) is 0 Å². The summed E-state index contributed by atoms with van der Waals surface area (Å²) in [6.07, 6.45) is 3.43. The highest BCUT2D eigenvalue weighted by Crippen LogP contribution is 2.39. The van der Waals surface area contributed by atoms with E-state index in [4.69, 9.17) is 21.6 Å². The van der Waals surface area contributed by atoms with E-state index in [1.54, 1.807) is 61.0 Å².